The first kappa shape index (κ1) is 12.5. The van der Waals surface area contributed by atoms with E-state index in [-0.39, 0.29) is 11.9 Å². The maximum absolute atomic E-state index is 13.6. The van der Waals surface area contributed by atoms with Gasteiger partial charge < -0.3 is 5.73 Å². The zero-order chi connectivity index (χ0) is 13.0. The van der Waals surface area contributed by atoms with Gasteiger partial charge in [0.25, 0.3) is 0 Å². The minimum absolute atomic E-state index is 0.250. The van der Waals surface area contributed by atoms with E-state index in [0.717, 1.165) is 5.56 Å². The minimum Gasteiger partial charge on any atom is -0.398 e. The summed E-state index contributed by atoms with van der Waals surface area (Å²) < 4.78 is 13.6. The van der Waals surface area contributed by atoms with Crippen LogP contribution in [0.25, 0.3) is 0 Å². The number of halogens is 1. The molecule has 0 amide bonds. The molecule has 2 aromatic rings. The standard InChI is InChI=1S/C13H15FN4/c14-11-4-2-1-3-9(11)7-13(18-16)10-8-17-6-5-12(10)15/h1-6,8,13,18H,7,16H2,(H2,15,17). The zero-order valence-corrected chi connectivity index (χ0v) is 9.81. The summed E-state index contributed by atoms with van der Waals surface area (Å²) in [7, 11) is 0. The molecule has 0 aliphatic carbocycles. The molecule has 4 nitrogen and oxygen atoms in total. The van der Waals surface area contributed by atoms with Crippen LogP contribution in [0.1, 0.15) is 17.2 Å². The van der Waals surface area contributed by atoms with Gasteiger partial charge in [-0.3, -0.25) is 16.3 Å². The first-order valence-corrected chi connectivity index (χ1v) is 5.61. The lowest BCUT2D eigenvalue weighted by atomic mass is 9.99. The number of hydrogen-bond donors (Lipinski definition) is 3. The van der Waals surface area contributed by atoms with Crippen molar-refractivity contribution in [3.05, 3.63) is 59.7 Å². The van der Waals surface area contributed by atoms with Gasteiger partial charge in [0.2, 0.25) is 0 Å². The van der Waals surface area contributed by atoms with E-state index < -0.39 is 0 Å². The third kappa shape index (κ3) is 2.64. The van der Waals surface area contributed by atoms with Gasteiger partial charge in [-0.25, -0.2) is 4.39 Å². The Hall–Kier alpha value is -1.98. The van der Waals surface area contributed by atoms with Gasteiger partial charge in [-0.2, -0.15) is 0 Å². The lowest BCUT2D eigenvalue weighted by Gasteiger charge is -2.18. The predicted octanol–water partition coefficient (Wildman–Crippen LogP) is 1.55. The number of aromatic nitrogens is 1. The van der Waals surface area contributed by atoms with Gasteiger partial charge in [-0.15, -0.1) is 0 Å². The van der Waals surface area contributed by atoms with E-state index in [1.165, 1.54) is 6.07 Å². The third-order valence-corrected chi connectivity index (χ3v) is 2.85. The van der Waals surface area contributed by atoms with Crippen molar-refractivity contribution in [1.29, 1.82) is 0 Å². The van der Waals surface area contributed by atoms with Gasteiger partial charge in [0.15, 0.2) is 0 Å². The molecule has 2 rings (SSSR count). The summed E-state index contributed by atoms with van der Waals surface area (Å²) in [5.74, 6) is 5.27. The number of nitrogens with two attached hydrogens (primary N) is 2. The number of pyridine rings is 1. The summed E-state index contributed by atoms with van der Waals surface area (Å²) in [6, 6.07) is 8.03. The van der Waals surface area contributed by atoms with Gasteiger partial charge in [0.05, 0.1) is 6.04 Å². The molecule has 0 spiro atoms. The molecule has 5 heteroatoms. The molecule has 1 aromatic carbocycles. The predicted molar refractivity (Wildman–Crippen MR) is 68.8 cm³/mol. The molecule has 0 bridgehead atoms. The normalized spacial score (nSPS) is 12.3. The summed E-state index contributed by atoms with van der Waals surface area (Å²) in [4.78, 5) is 4.01. The summed E-state index contributed by atoms with van der Waals surface area (Å²) >= 11 is 0. The zero-order valence-electron chi connectivity index (χ0n) is 9.81. The number of hydrazine groups is 1. The van der Waals surface area contributed by atoms with Crippen LogP contribution in [0.5, 0.6) is 0 Å². The molecule has 18 heavy (non-hydrogen) atoms. The molecule has 1 aromatic heterocycles. The second-order valence-corrected chi connectivity index (χ2v) is 4.02. The minimum atomic E-state index is -0.268. The highest BCUT2D eigenvalue weighted by atomic mass is 19.1. The maximum atomic E-state index is 13.6. The van der Waals surface area contributed by atoms with Gasteiger partial charge in [-0.05, 0) is 24.1 Å². The van der Waals surface area contributed by atoms with E-state index in [9.17, 15) is 4.39 Å². The van der Waals surface area contributed by atoms with Crippen LogP contribution in [0, 0.1) is 5.82 Å². The molecule has 0 aliphatic rings. The smallest absolute Gasteiger partial charge is 0.126 e. The first-order valence-electron chi connectivity index (χ1n) is 5.61. The molecule has 1 heterocycles. The topological polar surface area (TPSA) is 77.0 Å². The van der Waals surface area contributed by atoms with Crippen LogP contribution >= 0.6 is 0 Å². The summed E-state index contributed by atoms with van der Waals surface area (Å²) in [6.07, 6.45) is 3.66. The second kappa shape index (κ2) is 5.57. The molecule has 0 radical (unpaired) electrons. The van der Waals surface area contributed by atoms with Crippen molar-refractivity contribution in [3.63, 3.8) is 0 Å². The van der Waals surface area contributed by atoms with Crippen molar-refractivity contribution in [2.75, 3.05) is 5.73 Å². The van der Waals surface area contributed by atoms with Gasteiger partial charge in [-0.1, -0.05) is 18.2 Å². The van der Waals surface area contributed by atoms with Crippen LogP contribution in [0.4, 0.5) is 10.1 Å². The van der Waals surface area contributed by atoms with Crippen LogP contribution in [0.2, 0.25) is 0 Å². The average Bonchev–Trinajstić information content (AvgIpc) is 2.39. The molecule has 1 unspecified atom stereocenters. The summed E-state index contributed by atoms with van der Waals surface area (Å²) in [6.45, 7) is 0. The van der Waals surface area contributed by atoms with E-state index in [4.69, 9.17) is 11.6 Å². The van der Waals surface area contributed by atoms with Gasteiger partial charge >= 0.3 is 0 Å². The van der Waals surface area contributed by atoms with E-state index in [2.05, 4.69) is 10.4 Å². The fourth-order valence-corrected chi connectivity index (χ4v) is 1.85. The van der Waals surface area contributed by atoms with Crippen molar-refractivity contribution >= 4 is 5.69 Å². The largest absolute Gasteiger partial charge is 0.398 e. The summed E-state index contributed by atoms with van der Waals surface area (Å²) in [5, 5.41) is 0. The van der Waals surface area contributed by atoms with Crippen LogP contribution in [0.15, 0.2) is 42.7 Å². The van der Waals surface area contributed by atoms with Crippen molar-refractivity contribution in [2.24, 2.45) is 5.84 Å². The number of nitrogens with one attached hydrogen (secondary N) is 1. The summed E-state index contributed by atoms with van der Waals surface area (Å²) in [5.41, 5.74) is 10.4. The average molecular weight is 246 g/mol. The molecule has 94 valence electrons. The Kier molecular flexibility index (Phi) is 3.86. The maximum Gasteiger partial charge on any atom is 0.126 e. The SMILES string of the molecule is NNC(Cc1ccccc1F)c1cnccc1N. The number of hydrogen-bond acceptors (Lipinski definition) is 4. The fraction of sp³-hybridized carbons (Fsp3) is 0.154. The highest BCUT2D eigenvalue weighted by Gasteiger charge is 2.15. The fourth-order valence-electron chi connectivity index (χ4n) is 1.85. The Balaban J connectivity index is 2.26. The molecule has 5 N–H and O–H groups in total. The Morgan fingerprint density at radius 2 is 2.06 bits per heavy atom. The Bertz CT molecular complexity index is 530. The van der Waals surface area contributed by atoms with E-state index in [1.807, 2.05) is 0 Å². The second-order valence-electron chi connectivity index (χ2n) is 4.02. The Morgan fingerprint density at radius 3 is 2.72 bits per heavy atom. The van der Waals surface area contributed by atoms with Gasteiger partial charge in [0, 0.05) is 23.6 Å². The Labute approximate surface area is 105 Å². The van der Waals surface area contributed by atoms with Crippen molar-refractivity contribution in [1.82, 2.24) is 10.4 Å². The van der Waals surface area contributed by atoms with E-state index in [1.54, 1.807) is 36.7 Å². The van der Waals surface area contributed by atoms with Crippen molar-refractivity contribution in [3.8, 4) is 0 Å². The third-order valence-electron chi connectivity index (χ3n) is 2.85. The van der Waals surface area contributed by atoms with E-state index in [0.29, 0.717) is 17.7 Å². The molecule has 0 saturated heterocycles. The lowest BCUT2D eigenvalue weighted by Crippen LogP contribution is -2.30. The van der Waals surface area contributed by atoms with Crippen molar-refractivity contribution < 1.29 is 4.39 Å². The van der Waals surface area contributed by atoms with Crippen LogP contribution in [0.3, 0.4) is 0 Å². The highest BCUT2D eigenvalue weighted by Crippen LogP contribution is 2.23. The molecular formula is C13H15FN4. The van der Waals surface area contributed by atoms with Crippen LogP contribution < -0.4 is 17.0 Å². The molecule has 0 fully saturated rings. The van der Waals surface area contributed by atoms with Crippen molar-refractivity contribution in [2.45, 2.75) is 12.5 Å². The van der Waals surface area contributed by atoms with Gasteiger partial charge in [0.1, 0.15) is 5.82 Å². The number of nitrogen functional groups attached to an aromatic ring is 1. The molecular weight excluding hydrogens is 231 g/mol. The Morgan fingerprint density at radius 1 is 1.28 bits per heavy atom. The number of benzene rings is 1. The molecule has 0 saturated carbocycles. The first-order chi connectivity index (χ1) is 8.72. The quantitative estimate of drug-likeness (QED) is 0.565. The van der Waals surface area contributed by atoms with Crippen LogP contribution in [-0.4, -0.2) is 4.98 Å². The number of nitrogens with zero attached hydrogens (tertiary/aromatic N) is 1. The lowest BCUT2D eigenvalue weighted by molar-refractivity contribution is 0.529. The number of anilines is 1. The van der Waals surface area contributed by atoms with Crippen LogP contribution in [-0.2, 0) is 6.42 Å². The monoisotopic (exact) mass is 246 g/mol. The highest BCUT2D eigenvalue weighted by molar-refractivity contribution is 5.46. The van der Waals surface area contributed by atoms with E-state index >= 15 is 0 Å². The molecule has 0 aliphatic heterocycles. The molecule has 1 atom stereocenters. The number of rotatable bonds is 4.